The van der Waals surface area contributed by atoms with Crippen LogP contribution in [0.25, 0.3) is 11.1 Å². The molecule has 0 heterocycles. The minimum atomic E-state index is -1.28. The standard InChI is InChI=1S/C54H60N8O8/c1-5-19-45(49(51(66)56-32-36(4)63)60-61-53(68)58-48(37-20-9-6-10-21-37)38-22-11-7-12-23-38)57-46(64)33-62(31-30-55-50(65)39-24-13-8-14-25-39)52(67)47(35(2)3)59-54(69)70-34-44-42-28-17-15-26-40(42)41-27-16-18-29-43(41)44/h6-18,20-29,35,44-45,47-48H,5,19,30-34H2,1-4H3,(H,55,65)(H,56,66)(H,57,64)(H,59,69)(H2,58,61,68)/p-1/b60-49-. The Morgan fingerprint density at radius 3 is 1.84 bits per heavy atom. The van der Waals surface area contributed by atoms with E-state index in [1.54, 1.807) is 44.2 Å². The van der Waals surface area contributed by atoms with Gasteiger partial charge in [0.15, 0.2) is 0 Å². The van der Waals surface area contributed by atoms with Crippen molar-refractivity contribution in [3.05, 3.63) is 167 Å². The van der Waals surface area contributed by atoms with Crippen molar-refractivity contribution >= 4 is 47.2 Å². The molecule has 16 nitrogen and oxygen atoms in total. The van der Waals surface area contributed by atoms with Crippen LogP contribution in [0.2, 0.25) is 0 Å². The van der Waals surface area contributed by atoms with E-state index in [9.17, 15) is 33.9 Å². The quantitative estimate of drug-likeness (QED) is 0.0350. The summed E-state index contributed by atoms with van der Waals surface area (Å²) in [5.41, 5.74) is 8.17. The van der Waals surface area contributed by atoms with Crippen LogP contribution in [0, 0.1) is 5.92 Å². The number of nitrogens with one attached hydrogen (secondary N) is 5. The molecule has 0 aromatic heterocycles. The summed E-state index contributed by atoms with van der Waals surface area (Å²) in [6, 6.07) is 39.0. The zero-order valence-electron chi connectivity index (χ0n) is 39.7. The molecule has 0 fully saturated rings. The average Bonchev–Trinajstić information content (AvgIpc) is 3.69. The number of fused-ring (bicyclic) bond motifs is 3. The molecule has 364 valence electrons. The van der Waals surface area contributed by atoms with Gasteiger partial charge in [-0.1, -0.05) is 155 Å². The van der Waals surface area contributed by atoms with E-state index in [0.29, 0.717) is 12.0 Å². The fourth-order valence-electron chi connectivity index (χ4n) is 8.17. The Balaban J connectivity index is 1.22. The number of Topliss-reactive ketones (excluding diaryl/α,β-unsaturated/α-hetero) is 1. The highest BCUT2D eigenvalue weighted by molar-refractivity contribution is 6.41. The lowest BCUT2D eigenvalue weighted by Gasteiger charge is -2.29. The van der Waals surface area contributed by atoms with Crippen LogP contribution in [0.5, 0.6) is 0 Å². The number of amides is 6. The third kappa shape index (κ3) is 14.0. The van der Waals surface area contributed by atoms with E-state index in [2.05, 4.69) is 36.8 Å². The maximum Gasteiger partial charge on any atom is 0.335 e. The third-order valence-corrected chi connectivity index (χ3v) is 11.6. The van der Waals surface area contributed by atoms with Crippen molar-refractivity contribution in [2.75, 3.05) is 32.8 Å². The highest BCUT2D eigenvalue weighted by atomic mass is 16.6. The number of ether oxygens (including phenoxy) is 1. The Labute approximate surface area is 408 Å². The first-order valence-electron chi connectivity index (χ1n) is 23.3. The van der Waals surface area contributed by atoms with Gasteiger partial charge in [-0.25, -0.2) is 10.2 Å². The number of carbonyl (C=O) groups excluding carboxylic acids is 6. The molecule has 1 aliphatic rings. The van der Waals surface area contributed by atoms with E-state index in [0.717, 1.165) is 33.4 Å². The lowest BCUT2D eigenvalue weighted by atomic mass is 9.98. The molecule has 16 heteroatoms. The number of hydrogen-bond donors (Lipinski definition) is 5. The van der Waals surface area contributed by atoms with Crippen molar-refractivity contribution in [2.45, 2.75) is 64.6 Å². The van der Waals surface area contributed by atoms with Gasteiger partial charge in [0.1, 0.15) is 23.6 Å². The lowest BCUT2D eigenvalue weighted by molar-refractivity contribution is -0.251. The number of rotatable bonds is 22. The average molecular weight is 948 g/mol. The van der Waals surface area contributed by atoms with Crippen LogP contribution in [0.3, 0.4) is 0 Å². The summed E-state index contributed by atoms with van der Waals surface area (Å²) >= 11 is 0. The molecule has 5 N–H and O–H groups in total. The highest BCUT2D eigenvalue weighted by Gasteiger charge is 2.32. The highest BCUT2D eigenvalue weighted by Crippen LogP contribution is 2.44. The van der Waals surface area contributed by atoms with Crippen molar-refractivity contribution in [3.63, 3.8) is 0 Å². The molecular weight excluding hydrogens is 889 g/mol. The summed E-state index contributed by atoms with van der Waals surface area (Å²) in [6.07, 6.45) is -0.361. The van der Waals surface area contributed by atoms with Crippen LogP contribution in [0.4, 0.5) is 4.79 Å². The predicted octanol–water partition coefficient (Wildman–Crippen LogP) is 5.25. The molecule has 70 heavy (non-hydrogen) atoms. The molecule has 0 radical (unpaired) electrons. The van der Waals surface area contributed by atoms with Gasteiger partial charge in [0, 0.05) is 31.2 Å². The maximum absolute atomic E-state index is 14.5. The Kier molecular flexibility index (Phi) is 18.5. The summed E-state index contributed by atoms with van der Waals surface area (Å²) in [5, 5.41) is 28.7. The molecule has 0 spiro atoms. The Morgan fingerprint density at radius 1 is 0.729 bits per heavy atom. The van der Waals surface area contributed by atoms with Gasteiger partial charge in [-0.15, -0.1) is 0 Å². The van der Waals surface area contributed by atoms with E-state index in [1.165, 1.54) is 11.8 Å². The number of hydrogen-bond acceptors (Lipinski definition) is 10. The van der Waals surface area contributed by atoms with Crippen LogP contribution < -0.4 is 31.8 Å². The number of benzene rings is 5. The van der Waals surface area contributed by atoms with Crippen LogP contribution in [0.15, 0.2) is 150 Å². The second-order valence-electron chi connectivity index (χ2n) is 17.1. The first kappa shape index (κ1) is 51.3. The van der Waals surface area contributed by atoms with Crippen LogP contribution in [0.1, 0.15) is 85.1 Å². The first-order valence-corrected chi connectivity index (χ1v) is 23.3. The number of carbonyl (C=O) groups is 6. The third-order valence-electron chi connectivity index (χ3n) is 11.6. The van der Waals surface area contributed by atoms with Crippen molar-refractivity contribution in [1.29, 1.82) is 0 Å². The molecular formula is C54H59N8O8-. The largest absolute Gasteiger partial charge is 0.599 e. The zero-order valence-corrected chi connectivity index (χ0v) is 39.7. The molecule has 2 atom stereocenters. The molecule has 0 saturated carbocycles. The zero-order chi connectivity index (χ0) is 50.0. The van der Waals surface area contributed by atoms with E-state index >= 15 is 0 Å². The molecule has 2 unspecified atom stereocenters. The summed E-state index contributed by atoms with van der Waals surface area (Å²) < 4.78 is 5.74. The van der Waals surface area contributed by atoms with Crippen LogP contribution in [-0.4, -0.2) is 97.0 Å². The van der Waals surface area contributed by atoms with Gasteiger partial charge in [-0.3, -0.25) is 29.0 Å². The van der Waals surface area contributed by atoms with E-state index in [4.69, 9.17) is 4.74 Å². The van der Waals surface area contributed by atoms with Gasteiger partial charge in [0.25, 0.3) is 11.8 Å². The molecule has 6 rings (SSSR count). The summed E-state index contributed by atoms with van der Waals surface area (Å²) in [4.78, 5) is 86.3. The van der Waals surface area contributed by atoms with Gasteiger partial charge < -0.3 is 36.0 Å². The van der Waals surface area contributed by atoms with E-state index in [-0.39, 0.29) is 50.1 Å². The normalized spacial score (nSPS) is 13.1. The second-order valence-corrected chi connectivity index (χ2v) is 17.1. The fraction of sp³-hybridized carbons (Fsp3) is 0.296. The molecule has 1 aliphatic carbocycles. The number of urea groups is 1. The van der Waals surface area contributed by atoms with E-state index in [1.807, 2.05) is 116 Å². The van der Waals surface area contributed by atoms with Crippen LogP contribution >= 0.6 is 0 Å². The number of hydrazone groups is 1. The molecule has 0 aliphatic heterocycles. The molecule has 5 aromatic carbocycles. The smallest absolute Gasteiger partial charge is 0.335 e. The molecule has 5 aromatic rings. The summed E-state index contributed by atoms with van der Waals surface area (Å²) in [7, 11) is 0. The molecule has 0 saturated heterocycles. The Morgan fingerprint density at radius 2 is 1.29 bits per heavy atom. The van der Waals surface area contributed by atoms with Gasteiger partial charge >= 0.3 is 6.03 Å². The maximum atomic E-state index is 14.5. The number of nitrogens with zero attached hydrogens (tertiary/aromatic N) is 3. The van der Waals surface area contributed by atoms with Gasteiger partial charge in [-0.2, -0.15) is 5.10 Å². The van der Waals surface area contributed by atoms with Crippen molar-refractivity contribution in [2.24, 2.45) is 16.0 Å². The van der Waals surface area contributed by atoms with E-state index < -0.39 is 66.3 Å². The first-order chi connectivity index (χ1) is 33.8. The Bertz CT molecular complexity index is 2580. The van der Waals surface area contributed by atoms with Crippen molar-refractivity contribution < 1.29 is 38.6 Å². The van der Waals surface area contributed by atoms with Crippen molar-refractivity contribution in [1.82, 2.24) is 31.6 Å². The van der Waals surface area contributed by atoms with Crippen molar-refractivity contribution in [3.8, 4) is 11.1 Å². The van der Waals surface area contributed by atoms with Gasteiger partial charge in [0.05, 0.1) is 25.2 Å². The topological polar surface area (TPSA) is 223 Å². The molecule has 0 bridgehead atoms. The second kappa shape index (κ2) is 25.3. The van der Waals surface area contributed by atoms with Crippen LogP contribution in [-0.2, 0) is 23.9 Å². The number of ketones is 1. The molecule has 6 amide bonds. The summed E-state index contributed by atoms with van der Waals surface area (Å²) in [5.74, 6) is -3.76. The minimum absolute atomic E-state index is 0.0210. The monoisotopic (exact) mass is 947 g/mol. The SMILES string of the molecule is CCCC(NC(=O)CN(CCNC(=O)c1ccccc1)C(=O)C(N=C([O-])OCC1c2ccccc2-c2ccccc21)C(C)C)/C(=N/NC(=O)NC(c1ccccc1)c1ccccc1)C(=O)NCC(C)=O. The minimum Gasteiger partial charge on any atom is -0.599 e. The fourth-order valence-corrected chi connectivity index (χ4v) is 8.17. The Hall–Kier alpha value is -8.14. The predicted molar refractivity (Wildman–Crippen MR) is 265 cm³/mol. The lowest BCUT2D eigenvalue weighted by Crippen LogP contribution is -2.53. The van der Waals surface area contributed by atoms with Gasteiger partial charge in [0.2, 0.25) is 11.8 Å². The number of aliphatic imine (C=N–C) groups is 1. The summed E-state index contributed by atoms with van der Waals surface area (Å²) in [6.45, 7) is 5.33. The van der Waals surface area contributed by atoms with Gasteiger partial charge in [-0.05, 0) is 64.8 Å².